The average Bonchev–Trinajstić information content (AvgIpc) is 2.35. The van der Waals surface area contributed by atoms with Gasteiger partial charge in [0.1, 0.15) is 0 Å². The molecule has 2 heterocycles. The molecule has 0 amide bonds. The molecule has 1 aromatic heterocycles. The van der Waals surface area contributed by atoms with Gasteiger partial charge in [-0.15, -0.1) is 0 Å². The Morgan fingerprint density at radius 2 is 2.06 bits per heavy atom. The fourth-order valence-electron chi connectivity index (χ4n) is 2.55. The van der Waals surface area contributed by atoms with E-state index in [1.54, 1.807) is 4.90 Å². The van der Waals surface area contributed by atoms with Crippen molar-refractivity contribution in [1.29, 1.82) is 0 Å². The van der Waals surface area contributed by atoms with Gasteiger partial charge in [-0.2, -0.15) is 9.37 Å². The first-order chi connectivity index (χ1) is 8.63. The summed E-state index contributed by atoms with van der Waals surface area (Å²) in [5.41, 5.74) is 0. The maximum Gasteiger partial charge on any atom is 0.251 e. The summed E-state index contributed by atoms with van der Waals surface area (Å²) in [6.07, 6.45) is 4.87. The smallest absolute Gasteiger partial charge is 0.251 e. The predicted octanol–water partition coefficient (Wildman–Crippen LogP) is 3.66. The summed E-state index contributed by atoms with van der Waals surface area (Å²) >= 11 is 0. The third-order valence-electron chi connectivity index (χ3n) is 3.39. The van der Waals surface area contributed by atoms with Crippen LogP contribution < -0.4 is 4.90 Å². The molecular weight excluding hydrogens is 241 g/mol. The van der Waals surface area contributed by atoms with Crippen molar-refractivity contribution < 1.29 is 13.2 Å². The van der Waals surface area contributed by atoms with Crippen LogP contribution in [0.5, 0.6) is 0 Å². The molecule has 0 N–H and O–H groups in total. The number of pyridine rings is 1. The lowest BCUT2D eigenvalue weighted by atomic mass is 9.98. The standard InChI is InChI=1S/C13H17F3N2/c1-2-5-9-6-3-4-7-18(9)13-11(15)8-10(14)12(16)17-13/h8-9H,2-7H2,1H3. The molecule has 0 aromatic carbocycles. The van der Waals surface area contributed by atoms with Gasteiger partial charge in [-0.05, 0) is 25.7 Å². The molecule has 1 aliphatic heterocycles. The molecule has 1 fully saturated rings. The minimum absolute atomic E-state index is 0.0490. The van der Waals surface area contributed by atoms with Crippen molar-refractivity contribution in [2.75, 3.05) is 11.4 Å². The lowest BCUT2D eigenvalue weighted by Gasteiger charge is -2.36. The predicted molar refractivity (Wildman–Crippen MR) is 64.0 cm³/mol. The average molecular weight is 258 g/mol. The van der Waals surface area contributed by atoms with Crippen LogP contribution in [0.3, 0.4) is 0 Å². The minimum Gasteiger partial charge on any atom is -0.351 e. The molecular formula is C13H17F3N2. The van der Waals surface area contributed by atoms with Crippen LogP contribution in [0.15, 0.2) is 6.07 Å². The molecule has 1 saturated heterocycles. The number of piperidine rings is 1. The summed E-state index contributed by atoms with van der Waals surface area (Å²) in [6, 6.07) is 0.755. The van der Waals surface area contributed by atoms with E-state index < -0.39 is 17.6 Å². The lowest BCUT2D eigenvalue weighted by Crippen LogP contribution is -2.40. The van der Waals surface area contributed by atoms with E-state index in [0.29, 0.717) is 12.6 Å². The van der Waals surface area contributed by atoms with Crippen LogP contribution >= 0.6 is 0 Å². The van der Waals surface area contributed by atoms with E-state index in [4.69, 9.17) is 0 Å². The molecule has 0 radical (unpaired) electrons. The summed E-state index contributed by atoms with van der Waals surface area (Å²) in [5.74, 6) is -3.29. The van der Waals surface area contributed by atoms with Crippen LogP contribution in [-0.2, 0) is 0 Å². The molecule has 1 aromatic rings. The third kappa shape index (κ3) is 2.60. The summed E-state index contributed by atoms with van der Waals surface area (Å²) < 4.78 is 39.7. The van der Waals surface area contributed by atoms with Gasteiger partial charge in [-0.1, -0.05) is 13.3 Å². The lowest BCUT2D eigenvalue weighted by molar-refractivity contribution is 0.413. The highest BCUT2D eigenvalue weighted by molar-refractivity contribution is 5.42. The molecule has 5 heteroatoms. The monoisotopic (exact) mass is 258 g/mol. The van der Waals surface area contributed by atoms with Crippen LogP contribution in [0, 0.1) is 17.6 Å². The number of hydrogen-bond acceptors (Lipinski definition) is 2. The van der Waals surface area contributed by atoms with Gasteiger partial charge in [0, 0.05) is 18.7 Å². The van der Waals surface area contributed by atoms with Crippen molar-refractivity contribution in [2.24, 2.45) is 0 Å². The highest BCUT2D eigenvalue weighted by Crippen LogP contribution is 2.28. The molecule has 100 valence electrons. The number of hydrogen-bond donors (Lipinski definition) is 0. The van der Waals surface area contributed by atoms with Crippen molar-refractivity contribution in [3.05, 3.63) is 23.6 Å². The minimum atomic E-state index is -1.24. The van der Waals surface area contributed by atoms with E-state index in [9.17, 15) is 13.2 Å². The van der Waals surface area contributed by atoms with E-state index >= 15 is 0 Å². The van der Waals surface area contributed by atoms with Gasteiger partial charge < -0.3 is 4.90 Å². The van der Waals surface area contributed by atoms with E-state index in [2.05, 4.69) is 11.9 Å². The summed E-state index contributed by atoms with van der Waals surface area (Å²) in [6.45, 7) is 2.71. The highest BCUT2D eigenvalue weighted by atomic mass is 19.2. The molecule has 2 nitrogen and oxygen atoms in total. The van der Waals surface area contributed by atoms with Crippen molar-refractivity contribution in [2.45, 2.75) is 45.1 Å². The molecule has 0 aliphatic carbocycles. The normalized spacial score (nSPS) is 20.2. The van der Waals surface area contributed by atoms with Crippen molar-refractivity contribution >= 4 is 5.82 Å². The molecule has 0 spiro atoms. The van der Waals surface area contributed by atoms with E-state index in [-0.39, 0.29) is 11.9 Å². The van der Waals surface area contributed by atoms with Gasteiger partial charge in [-0.3, -0.25) is 0 Å². The van der Waals surface area contributed by atoms with E-state index in [1.165, 1.54) is 0 Å². The van der Waals surface area contributed by atoms with Gasteiger partial charge in [0.05, 0.1) is 0 Å². The molecule has 0 saturated carbocycles. The Hall–Kier alpha value is -1.26. The Balaban J connectivity index is 2.30. The number of aromatic nitrogens is 1. The van der Waals surface area contributed by atoms with Gasteiger partial charge in [-0.25, -0.2) is 8.78 Å². The van der Waals surface area contributed by atoms with Crippen molar-refractivity contribution in [1.82, 2.24) is 4.98 Å². The first-order valence-corrected chi connectivity index (χ1v) is 6.41. The molecule has 1 unspecified atom stereocenters. The Labute approximate surface area is 105 Å². The third-order valence-corrected chi connectivity index (χ3v) is 3.39. The van der Waals surface area contributed by atoms with E-state index in [0.717, 1.165) is 32.1 Å². The van der Waals surface area contributed by atoms with Crippen molar-refractivity contribution in [3.63, 3.8) is 0 Å². The second-order valence-corrected chi connectivity index (χ2v) is 4.70. The number of nitrogens with zero attached hydrogens (tertiary/aromatic N) is 2. The molecule has 1 atom stereocenters. The van der Waals surface area contributed by atoms with E-state index in [1.807, 2.05) is 0 Å². The number of anilines is 1. The second kappa shape index (κ2) is 5.59. The zero-order chi connectivity index (χ0) is 13.1. The Bertz CT molecular complexity index is 421. The molecule has 1 aliphatic rings. The van der Waals surface area contributed by atoms with Crippen LogP contribution in [0.2, 0.25) is 0 Å². The first-order valence-electron chi connectivity index (χ1n) is 6.41. The SMILES string of the molecule is CCCC1CCCCN1c1nc(F)c(F)cc1F. The quantitative estimate of drug-likeness (QED) is 0.769. The van der Waals surface area contributed by atoms with Crippen LogP contribution in [-0.4, -0.2) is 17.6 Å². The highest BCUT2D eigenvalue weighted by Gasteiger charge is 2.26. The van der Waals surface area contributed by atoms with Crippen LogP contribution in [0.4, 0.5) is 19.0 Å². The van der Waals surface area contributed by atoms with Gasteiger partial charge in [0.15, 0.2) is 17.5 Å². The second-order valence-electron chi connectivity index (χ2n) is 4.70. The van der Waals surface area contributed by atoms with Gasteiger partial charge in [0.25, 0.3) is 5.95 Å². The molecule has 0 bridgehead atoms. The summed E-state index contributed by atoms with van der Waals surface area (Å²) in [5, 5.41) is 0. The zero-order valence-corrected chi connectivity index (χ0v) is 10.4. The maximum atomic E-state index is 13.7. The topological polar surface area (TPSA) is 16.1 Å². The van der Waals surface area contributed by atoms with Gasteiger partial charge in [0.2, 0.25) is 0 Å². The van der Waals surface area contributed by atoms with Gasteiger partial charge >= 0.3 is 0 Å². The molecule has 18 heavy (non-hydrogen) atoms. The zero-order valence-electron chi connectivity index (χ0n) is 10.4. The fourth-order valence-corrected chi connectivity index (χ4v) is 2.55. The number of rotatable bonds is 3. The molecule has 2 rings (SSSR count). The first kappa shape index (κ1) is 13.2. The Morgan fingerprint density at radius 1 is 1.28 bits per heavy atom. The van der Waals surface area contributed by atoms with Crippen molar-refractivity contribution in [3.8, 4) is 0 Å². The largest absolute Gasteiger partial charge is 0.351 e. The maximum absolute atomic E-state index is 13.7. The Morgan fingerprint density at radius 3 is 2.78 bits per heavy atom. The fraction of sp³-hybridized carbons (Fsp3) is 0.615. The Kier molecular flexibility index (Phi) is 4.09. The van der Waals surface area contributed by atoms with Crippen LogP contribution in [0.1, 0.15) is 39.0 Å². The van der Waals surface area contributed by atoms with Crippen LogP contribution in [0.25, 0.3) is 0 Å². The number of halogens is 3. The summed E-state index contributed by atoms with van der Waals surface area (Å²) in [7, 11) is 0. The summed E-state index contributed by atoms with van der Waals surface area (Å²) in [4.78, 5) is 5.22.